The van der Waals surface area contributed by atoms with E-state index < -0.39 is 0 Å². The van der Waals surface area contributed by atoms with Crippen molar-refractivity contribution in [2.75, 3.05) is 13.1 Å². The van der Waals surface area contributed by atoms with Gasteiger partial charge in [-0.25, -0.2) is 0 Å². The average molecular weight is 369 g/mol. The van der Waals surface area contributed by atoms with Gasteiger partial charge in [0.2, 0.25) is 5.91 Å². The zero-order valence-corrected chi connectivity index (χ0v) is 15.6. The van der Waals surface area contributed by atoms with Crippen LogP contribution in [0.4, 0.5) is 0 Å². The Hall–Kier alpha value is -2.14. The highest BCUT2D eigenvalue weighted by molar-refractivity contribution is 7.08. The van der Waals surface area contributed by atoms with Crippen LogP contribution in [0, 0.1) is 5.92 Å². The van der Waals surface area contributed by atoms with Crippen LogP contribution < -0.4 is 5.32 Å². The first-order valence-electron chi connectivity index (χ1n) is 9.37. The van der Waals surface area contributed by atoms with Gasteiger partial charge in [-0.3, -0.25) is 9.59 Å². The minimum atomic E-state index is -0.179. The number of piperidine rings is 1. The van der Waals surface area contributed by atoms with Gasteiger partial charge in [-0.2, -0.15) is 11.3 Å². The lowest BCUT2D eigenvalue weighted by atomic mass is 9.71. The van der Waals surface area contributed by atoms with Crippen molar-refractivity contribution in [1.29, 1.82) is 0 Å². The highest BCUT2D eigenvalue weighted by atomic mass is 32.1. The van der Waals surface area contributed by atoms with Crippen LogP contribution in [0.5, 0.6) is 0 Å². The van der Waals surface area contributed by atoms with E-state index in [0.29, 0.717) is 13.1 Å². The van der Waals surface area contributed by atoms with Crippen molar-refractivity contribution in [2.45, 2.75) is 37.6 Å². The van der Waals surface area contributed by atoms with Gasteiger partial charge >= 0.3 is 0 Å². The van der Waals surface area contributed by atoms with E-state index in [9.17, 15) is 9.59 Å². The summed E-state index contributed by atoms with van der Waals surface area (Å²) >= 11 is 1.54. The van der Waals surface area contributed by atoms with Gasteiger partial charge in [-0.05, 0) is 49.1 Å². The molecule has 0 atom stereocenters. The Morgan fingerprint density at radius 2 is 1.81 bits per heavy atom. The van der Waals surface area contributed by atoms with Crippen molar-refractivity contribution in [3.63, 3.8) is 0 Å². The molecule has 0 radical (unpaired) electrons. The number of nitrogens with one attached hydrogen (secondary N) is 1. The number of likely N-dealkylation sites (tertiary alicyclic amines) is 1. The number of rotatable bonds is 4. The highest BCUT2D eigenvalue weighted by Gasteiger charge is 2.41. The van der Waals surface area contributed by atoms with Crippen molar-refractivity contribution in [2.24, 2.45) is 5.92 Å². The summed E-state index contributed by atoms with van der Waals surface area (Å²) in [6.07, 6.45) is 4.67. The SMILES string of the molecule is O=C(NC1(c2ccccc2)CCC1)C1CCN(C(=O)c2ccsc2)CC1. The van der Waals surface area contributed by atoms with E-state index in [0.717, 1.165) is 37.7 Å². The third-order valence-corrected chi connectivity index (χ3v) is 6.50. The normalized spacial score (nSPS) is 19.6. The van der Waals surface area contributed by atoms with E-state index in [2.05, 4.69) is 17.4 Å². The number of hydrogen-bond acceptors (Lipinski definition) is 3. The van der Waals surface area contributed by atoms with E-state index in [1.165, 1.54) is 16.9 Å². The van der Waals surface area contributed by atoms with Gasteiger partial charge in [0.25, 0.3) is 5.91 Å². The average Bonchev–Trinajstić information content (AvgIpc) is 3.19. The van der Waals surface area contributed by atoms with Gasteiger partial charge in [-0.1, -0.05) is 30.3 Å². The summed E-state index contributed by atoms with van der Waals surface area (Å²) in [6.45, 7) is 1.32. The van der Waals surface area contributed by atoms with E-state index in [-0.39, 0.29) is 23.3 Å². The maximum atomic E-state index is 12.9. The molecule has 0 bridgehead atoms. The van der Waals surface area contributed by atoms with Crippen LogP contribution in [0.25, 0.3) is 0 Å². The maximum Gasteiger partial charge on any atom is 0.254 e. The van der Waals surface area contributed by atoms with Crippen LogP contribution in [0.15, 0.2) is 47.2 Å². The van der Waals surface area contributed by atoms with E-state index >= 15 is 0 Å². The number of nitrogens with zero attached hydrogens (tertiary/aromatic N) is 1. The topological polar surface area (TPSA) is 49.4 Å². The van der Waals surface area contributed by atoms with Gasteiger partial charge in [0.15, 0.2) is 0 Å². The lowest BCUT2D eigenvalue weighted by Gasteiger charge is -2.44. The van der Waals surface area contributed by atoms with Gasteiger partial charge in [0.1, 0.15) is 0 Å². The summed E-state index contributed by atoms with van der Waals surface area (Å²) in [6, 6.07) is 12.2. The Morgan fingerprint density at radius 3 is 2.38 bits per heavy atom. The molecule has 2 amide bonds. The predicted octanol–water partition coefficient (Wildman–Crippen LogP) is 3.80. The molecule has 1 saturated heterocycles. The first-order valence-corrected chi connectivity index (χ1v) is 10.3. The molecule has 1 aliphatic heterocycles. The second-order valence-corrected chi connectivity index (χ2v) is 8.15. The number of hydrogen-bond donors (Lipinski definition) is 1. The summed E-state index contributed by atoms with van der Waals surface area (Å²) in [5.74, 6) is 0.240. The third kappa shape index (κ3) is 3.28. The van der Waals surface area contributed by atoms with Crippen LogP contribution in [0.1, 0.15) is 48.0 Å². The van der Waals surface area contributed by atoms with Gasteiger partial charge < -0.3 is 10.2 Å². The molecule has 4 rings (SSSR count). The second kappa shape index (κ2) is 7.23. The molecule has 4 nitrogen and oxygen atoms in total. The molecule has 1 aliphatic carbocycles. The molecular weight excluding hydrogens is 344 g/mol. The van der Waals surface area contributed by atoms with Gasteiger partial charge in [0, 0.05) is 24.4 Å². The fourth-order valence-corrected chi connectivity index (χ4v) is 4.65. The van der Waals surface area contributed by atoms with Crippen molar-refractivity contribution < 1.29 is 9.59 Å². The highest BCUT2D eigenvalue weighted by Crippen LogP contribution is 2.41. The van der Waals surface area contributed by atoms with Crippen LogP contribution >= 0.6 is 11.3 Å². The second-order valence-electron chi connectivity index (χ2n) is 7.37. The molecule has 2 aromatic rings. The molecule has 1 N–H and O–H groups in total. The summed E-state index contributed by atoms with van der Waals surface area (Å²) in [7, 11) is 0. The lowest BCUT2D eigenvalue weighted by molar-refractivity contribution is -0.129. The standard InChI is InChI=1S/C21H24N2O2S/c24-19(22-21(10-4-11-21)18-5-2-1-3-6-18)16-7-12-23(13-8-16)20(25)17-9-14-26-15-17/h1-3,5-6,9,14-16H,4,7-8,10-13H2,(H,22,24). The molecule has 2 aliphatic rings. The number of carbonyl (C=O) groups is 2. The zero-order chi connectivity index (χ0) is 18.0. The zero-order valence-electron chi connectivity index (χ0n) is 14.8. The Bertz CT molecular complexity index is 761. The number of amides is 2. The quantitative estimate of drug-likeness (QED) is 0.892. The molecule has 1 aromatic heterocycles. The van der Waals surface area contributed by atoms with Crippen LogP contribution in [-0.2, 0) is 10.3 Å². The lowest BCUT2D eigenvalue weighted by Crippen LogP contribution is -2.53. The molecule has 1 aromatic carbocycles. The van der Waals surface area contributed by atoms with Crippen LogP contribution in [0.3, 0.4) is 0 Å². The Morgan fingerprint density at radius 1 is 1.08 bits per heavy atom. The molecule has 26 heavy (non-hydrogen) atoms. The Labute approximate surface area is 158 Å². The summed E-state index contributed by atoms with van der Waals surface area (Å²) < 4.78 is 0. The number of thiophene rings is 1. The summed E-state index contributed by atoms with van der Waals surface area (Å²) in [5, 5.41) is 7.16. The Balaban J connectivity index is 1.36. The van der Waals surface area contributed by atoms with E-state index in [1.807, 2.05) is 39.9 Å². The molecule has 5 heteroatoms. The number of benzene rings is 1. The maximum absolute atomic E-state index is 12.9. The third-order valence-electron chi connectivity index (χ3n) is 5.82. The largest absolute Gasteiger partial charge is 0.346 e. The predicted molar refractivity (Wildman–Crippen MR) is 103 cm³/mol. The molecular formula is C21H24N2O2S. The minimum Gasteiger partial charge on any atom is -0.346 e. The van der Waals surface area contributed by atoms with E-state index in [4.69, 9.17) is 0 Å². The summed E-state index contributed by atoms with van der Waals surface area (Å²) in [4.78, 5) is 27.2. The minimum absolute atomic E-state index is 0.00251. The van der Waals surface area contributed by atoms with Crippen LogP contribution in [-0.4, -0.2) is 29.8 Å². The monoisotopic (exact) mass is 368 g/mol. The molecule has 1 saturated carbocycles. The van der Waals surface area contributed by atoms with Crippen molar-refractivity contribution in [3.05, 3.63) is 58.3 Å². The van der Waals surface area contributed by atoms with Crippen molar-refractivity contribution in [3.8, 4) is 0 Å². The van der Waals surface area contributed by atoms with Gasteiger partial charge in [-0.15, -0.1) is 0 Å². The molecule has 136 valence electrons. The van der Waals surface area contributed by atoms with Crippen molar-refractivity contribution in [1.82, 2.24) is 10.2 Å². The van der Waals surface area contributed by atoms with Crippen LogP contribution in [0.2, 0.25) is 0 Å². The smallest absolute Gasteiger partial charge is 0.254 e. The molecule has 2 fully saturated rings. The first-order chi connectivity index (χ1) is 12.7. The van der Waals surface area contributed by atoms with E-state index in [1.54, 1.807) is 0 Å². The first kappa shape index (κ1) is 17.3. The number of carbonyl (C=O) groups excluding carboxylic acids is 2. The Kier molecular flexibility index (Phi) is 4.81. The molecule has 0 unspecified atom stereocenters. The fourth-order valence-electron chi connectivity index (χ4n) is 4.02. The molecule has 0 spiro atoms. The molecule has 2 heterocycles. The van der Waals surface area contributed by atoms with Gasteiger partial charge in [0.05, 0.1) is 11.1 Å². The summed E-state index contributed by atoms with van der Waals surface area (Å²) in [5.41, 5.74) is 1.79. The fraction of sp³-hybridized carbons (Fsp3) is 0.429. The van der Waals surface area contributed by atoms with Crippen molar-refractivity contribution >= 4 is 23.2 Å².